The highest BCUT2D eigenvalue weighted by molar-refractivity contribution is 7.86. The number of nitrogens with zero attached hydrogens (tertiary/aromatic N) is 5. The molecule has 0 aliphatic rings. The third-order valence-electron chi connectivity index (χ3n) is 5.70. The molecule has 0 aliphatic carbocycles. The first kappa shape index (κ1) is 28.6. The van der Waals surface area contributed by atoms with E-state index < -0.39 is 69.6 Å². The molecule has 18 heteroatoms. The highest BCUT2D eigenvalue weighted by Gasteiger charge is 2.29. The summed E-state index contributed by atoms with van der Waals surface area (Å²) in [5, 5.41) is 45.1. The zero-order valence-electron chi connectivity index (χ0n) is 20.5. The quantitative estimate of drug-likeness (QED) is 0.105. The average molecular weight is 630 g/mol. The lowest BCUT2D eigenvalue weighted by Gasteiger charge is -2.13. The van der Waals surface area contributed by atoms with Crippen molar-refractivity contribution in [3.05, 3.63) is 66.2 Å². The number of benzene rings is 4. The van der Waals surface area contributed by atoms with Crippen molar-refractivity contribution in [2.75, 3.05) is 0 Å². The van der Waals surface area contributed by atoms with Crippen LogP contribution in [0.1, 0.15) is 10.4 Å². The summed E-state index contributed by atoms with van der Waals surface area (Å²) in [5.74, 6) is -3.30. The van der Waals surface area contributed by atoms with E-state index in [-0.39, 0.29) is 16.4 Å². The number of carbonyl (C=O) groups is 1. The van der Waals surface area contributed by atoms with E-state index in [4.69, 9.17) is 5.11 Å². The Labute approximate surface area is 239 Å². The van der Waals surface area contributed by atoms with Crippen LogP contribution in [0.4, 0.5) is 22.2 Å². The van der Waals surface area contributed by atoms with E-state index in [0.29, 0.717) is 17.6 Å². The van der Waals surface area contributed by atoms with Crippen LogP contribution >= 0.6 is 11.3 Å². The lowest BCUT2D eigenvalue weighted by Crippen LogP contribution is -2.01. The van der Waals surface area contributed by atoms with Gasteiger partial charge in [-0.3, -0.25) is 9.11 Å². The Balaban J connectivity index is 1.72. The van der Waals surface area contributed by atoms with Gasteiger partial charge in [-0.15, -0.1) is 15.3 Å². The van der Waals surface area contributed by atoms with Gasteiger partial charge in [0.2, 0.25) is 5.13 Å². The molecule has 5 rings (SSSR count). The lowest BCUT2D eigenvalue weighted by molar-refractivity contribution is 0.0696. The number of aromatic nitrogens is 1. The molecule has 15 nitrogen and oxygen atoms in total. The van der Waals surface area contributed by atoms with Gasteiger partial charge in [0.15, 0.2) is 11.5 Å². The third-order valence-corrected chi connectivity index (χ3v) is 8.36. The SMILES string of the molecule is O=C(O)c1ccc(N=Nc2c(S(=O)(=O)O)cc3cc(S(=O)(=O)O)c(N=Nc4nc5ccccc5s4)c(O)c3c2O)cc1. The number of phenols is 2. The van der Waals surface area contributed by atoms with Crippen molar-refractivity contribution < 1.29 is 46.1 Å². The van der Waals surface area contributed by atoms with Crippen LogP contribution in [0.25, 0.3) is 21.0 Å². The number of thiazole rings is 1. The average Bonchev–Trinajstić information content (AvgIpc) is 3.33. The van der Waals surface area contributed by atoms with Crippen LogP contribution in [0.15, 0.2) is 90.9 Å². The Hall–Kier alpha value is -4.88. The fourth-order valence-corrected chi connectivity index (χ4v) is 5.92. The van der Waals surface area contributed by atoms with Crippen molar-refractivity contribution in [1.29, 1.82) is 0 Å². The minimum absolute atomic E-state index is 0.0250. The summed E-state index contributed by atoms with van der Waals surface area (Å²) in [7, 11) is -10.2. The molecule has 0 amide bonds. The molecule has 0 unspecified atom stereocenters. The van der Waals surface area contributed by atoms with Gasteiger partial charge in [0.1, 0.15) is 21.2 Å². The van der Waals surface area contributed by atoms with E-state index in [1.165, 1.54) is 24.3 Å². The van der Waals surface area contributed by atoms with Crippen molar-refractivity contribution in [3.63, 3.8) is 0 Å². The molecule has 5 aromatic rings. The van der Waals surface area contributed by atoms with Gasteiger partial charge in [-0.25, -0.2) is 9.78 Å². The van der Waals surface area contributed by atoms with Crippen LogP contribution < -0.4 is 0 Å². The van der Waals surface area contributed by atoms with Gasteiger partial charge in [0.05, 0.1) is 26.9 Å². The summed E-state index contributed by atoms with van der Waals surface area (Å²) in [4.78, 5) is 13.2. The van der Waals surface area contributed by atoms with Crippen LogP contribution in [0.3, 0.4) is 0 Å². The zero-order valence-corrected chi connectivity index (χ0v) is 23.0. The van der Waals surface area contributed by atoms with Gasteiger partial charge in [-0.2, -0.15) is 21.9 Å². The zero-order chi connectivity index (χ0) is 30.4. The largest absolute Gasteiger partial charge is 0.505 e. The topological polar surface area (TPSA) is 249 Å². The molecule has 4 aromatic carbocycles. The summed E-state index contributed by atoms with van der Waals surface area (Å²) in [5.41, 5.74) is -1.15. The number of hydrogen-bond donors (Lipinski definition) is 5. The number of rotatable bonds is 7. The molecule has 0 saturated heterocycles. The second kappa shape index (κ2) is 10.5. The monoisotopic (exact) mass is 629 g/mol. The maximum absolute atomic E-state index is 12.2. The minimum atomic E-state index is -5.13. The molecule has 0 atom stereocenters. The van der Waals surface area contributed by atoms with E-state index >= 15 is 0 Å². The van der Waals surface area contributed by atoms with Crippen LogP contribution in [-0.2, 0) is 20.2 Å². The number of carboxylic acids is 1. The molecular formula is C24H15N5O10S3. The number of aromatic carboxylic acids is 1. The molecule has 0 fully saturated rings. The first-order valence-corrected chi connectivity index (χ1v) is 15.0. The Kier molecular flexibility index (Phi) is 7.16. The summed E-state index contributed by atoms with van der Waals surface area (Å²) < 4.78 is 69.0. The van der Waals surface area contributed by atoms with E-state index in [2.05, 4.69) is 25.4 Å². The molecule has 0 aliphatic heterocycles. The van der Waals surface area contributed by atoms with Gasteiger partial charge in [0, 0.05) is 0 Å². The molecule has 1 aromatic heterocycles. The number of fused-ring (bicyclic) bond motifs is 2. The fraction of sp³-hybridized carbons (Fsp3) is 0. The molecule has 0 saturated carbocycles. The molecule has 0 radical (unpaired) electrons. The Bertz CT molecular complexity index is 2160. The number of hydrogen-bond acceptors (Lipinski definition) is 13. The molecule has 214 valence electrons. The number of phenolic OH excluding ortho intramolecular Hbond substituents is 2. The first-order valence-electron chi connectivity index (χ1n) is 11.3. The van der Waals surface area contributed by atoms with Gasteiger partial charge >= 0.3 is 5.97 Å². The highest BCUT2D eigenvalue weighted by Crippen LogP contribution is 2.50. The van der Waals surface area contributed by atoms with E-state index in [1.54, 1.807) is 24.3 Å². The van der Waals surface area contributed by atoms with Crippen molar-refractivity contribution in [1.82, 2.24) is 4.98 Å². The minimum Gasteiger partial charge on any atom is -0.505 e. The highest BCUT2D eigenvalue weighted by atomic mass is 32.2. The third kappa shape index (κ3) is 5.51. The smallest absolute Gasteiger partial charge is 0.335 e. The molecule has 5 N–H and O–H groups in total. The van der Waals surface area contributed by atoms with Crippen molar-refractivity contribution in [2.24, 2.45) is 20.5 Å². The van der Waals surface area contributed by atoms with Gasteiger partial charge in [-0.1, -0.05) is 23.5 Å². The van der Waals surface area contributed by atoms with Gasteiger partial charge in [0.25, 0.3) is 20.2 Å². The number of azo groups is 2. The van der Waals surface area contributed by atoms with Crippen LogP contribution in [-0.4, -0.2) is 52.2 Å². The molecule has 0 spiro atoms. The Morgan fingerprint density at radius 1 is 0.762 bits per heavy atom. The second-order valence-corrected chi connectivity index (χ2v) is 12.2. The second-order valence-electron chi connectivity index (χ2n) is 8.41. The summed E-state index contributed by atoms with van der Waals surface area (Å²) in [6, 6.07) is 13.2. The molecular weight excluding hydrogens is 614 g/mol. The maximum atomic E-state index is 12.2. The molecule has 1 heterocycles. The molecule has 0 bridgehead atoms. The summed E-state index contributed by atoms with van der Waals surface area (Å²) in [6.07, 6.45) is 0. The Morgan fingerprint density at radius 3 is 1.83 bits per heavy atom. The van der Waals surface area contributed by atoms with E-state index in [9.17, 15) is 40.9 Å². The van der Waals surface area contributed by atoms with Crippen LogP contribution in [0.2, 0.25) is 0 Å². The summed E-state index contributed by atoms with van der Waals surface area (Å²) >= 11 is 1.09. The molecule has 42 heavy (non-hydrogen) atoms. The fourth-order valence-electron chi connectivity index (χ4n) is 3.82. The maximum Gasteiger partial charge on any atom is 0.335 e. The number of aromatic hydroxyl groups is 2. The normalized spacial score (nSPS) is 12.6. The predicted octanol–water partition coefficient (Wildman–Crippen LogP) is 5.88. The summed E-state index contributed by atoms with van der Waals surface area (Å²) in [6.45, 7) is 0. The van der Waals surface area contributed by atoms with Crippen molar-refractivity contribution in [3.8, 4) is 11.5 Å². The van der Waals surface area contributed by atoms with E-state index in [1.807, 2.05) is 0 Å². The van der Waals surface area contributed by atoms with Gasteiger partial charge < -0.3 is 15.3 Å². The van der Waals surface area contributed by atoms with Crippen LogP contribution in [0, 0.1) is 0 Å². The lowest BCUT2D eigenvalue weighted by atomic mass is 10.1. The number of para-hydroxylation sites is 1. The number of carboxylic acid groups (broad SMARTS) is 1. The van der Waals surface area contributed by atoms with Gasteiger partial charge in [-0.05, 0) is 53.9 Å². The standard InChI is InChI=1S/C24H15N5O10S3/c30-21-18-12(9-16(41(34,35)36)19(21)27-26-13-7-5-11(6-8-13)23(32)33)10-17(42(37,38)39)20(22(18)31)28-29-24-25-14-3-1-2-4-15(14)40-24/h1-10,30-31H,(H,32,33)(H,34,35,36)(H,37,38,39). The van der Waals surface area contributed by atoms with E-state index in [0.717, 1.165) is 16.0 Å². The predicted molar refractivity (Wildman–Crippen MR) is 148 cm³/mol. The first-order chi connectivity index (χ1) is 19.7. The Morgan fingerprint density at radius 2 is 1.31 bits per heavy atom. The van der Waals surface area contributed by atoms with Crippen molar-refractivity contribution in [2.45, 2.75) is 9.79 Å². The van der Waals surface area contributed by atoms with Crippen molar-refractivity contribution >= 4 is 80.7 Å². The van der Waals surface area contributed by atoms with Crippen LogP contribution in [0.5, 0.6) is 11.5 Å².